The number of thiocarbonyl (C=S) groups is 2. The quantitative estimate of drug-likeness (QED) is 0.0747. The molecule has 0 N–H and O–H groups in total. The van der Waals surface area contributed by atoms with E-state index in [-0.39, 0.29) is 35.1 Å². The molecule has 3 aliphatic rings. The van der Waals surface area contributed by atoms with Gasteiger partial charge in [-0.25, -0.2) is 9.98 Å². The largest absolute Gasteiger partial charge is 0.459 e. The van der Waals surface area contributed by atoms with Gasteiger partial charge in [0.15, 0.2) is 10.1 Å². The molecule has 1 aliphatic carbocycles. The van der Waals surface area contributed by atoms with Crippen LogP contribution in [0.15, 0.2) is 82.8 Å². The van der Waals surface area contributed by atoms with E-state index in [1.54, 1.807) is 0 Å². The van der Waals surface area contributed by atoms with Gasteiger partial charge in [0.05, 0.1) is 19.2 Å². The van der Waals surface area contributed by atoms with Crippen LogP contribution < -0.4 is 0 Å². The molecule has 18 heteroatoms. The maximum atomic E-state index is 15.2. The van der Waals surface area contributed by atoms with E-state index in [0.717, 1.165) is 53.8 Å². The minimum atomic E-state index is -2.04. The Balaban J connectivity index is 1.22. The van der Waals surface area contributed by atoms with Crippen molar-refractivity contribution in [1.82, 2.24) is 9.80 Å². The highest BCUT2D eigenvalue weighted by Crippen LogP contribution is 2.64. The summed E-state index contributed by atoms with van der Waals surface area (Å²) in [6.45, 7) is 4.42. The zero-order valence-corrected chi connectivity index (χ0v) is 36.3. The van der Waals surface area contributed by atoms with Crippen LogP contribution in [0.25, 0.3) is 28.6 Å². The Morgan fingerprint density at radius 2 is 1.05 bits per heavy atom. The van der Waals surface area contributed by atoms with E-state index in [4.69, 9.17) is 43.9 Å². The van der Waals surface area contributed by atoms with Crippen LogP contribution in [-0.4, -0.2) is 65.4 Å². The van der Waals surface area contributed by atoms with E-state index >= 15 is 9.59 Å². The fourth-order valence-electron chi connectivity index (χ4n) is 6.79. The second kappa shape index (κ2) is 15.2. The van der Waals surface area contributed by atoms with E-state index in [1.807, 2.05) is 86.6 Å². The lowest BCUT2D eigenvalue weighted by Crippen LogP contribution is -2.45. The number of ether oxygens (including phenoxy) is 2. The average Bonchev–Trinajstić information content (AvgIpc) is 4.06. The molecule has 0 saturated carbocycles. The highest BCUT2D eigenvalue weighted by atomic mass is 32.2. The minimum absolute atomic E-state index is 0.0777. The number of benzene rings is 2. The fraction of sp³-hybridized carbons (Fsp3) is 0.179. The van der Waals surface area contributed by atoms with Gasteiger partial charge >= 0.3 is 11.9 Å². The van der Waals surface area contributed by atoms with Gasteiger partial charge in [0, 0.05) is 33.6 Å². The van der Waals surface area contributed by atoms with Crippen LogP contribution in [0.5, 0.6) is 0 Å². The summed E-state index contributed by atoms with van der Waals surface area (Å²) in [5.41, 5.74) is 0.415. The molecule has 286 valence electrons. The van der Waals surface area contributed by atoms with Gasteiger partial charge in [-0.15, -0.1) is 45.3 Å². The summed E-state index contributed by atoms with van der Waals surface area (Å²) >= 11 is 18.6. The topological polar surface area (TPSA) is 118 Å². The summed E-state index contributed by atoms with van der Waals surface area (Å²) in [6, 6.07) is 22.3. The summed E-state index contributed by atoms with van der Waals surface area (Å²) in [7, 11) is 0. The van der Waals surface area contributed by atoms with Crippen LogP contribution in [0.3, 0.4) is 0 Å². The number of aliphatic imine (C=N–C) groups is 2. The fourth-order valence-corrected chi connectivity index (χ4v) is 14.8. The molecule has 2 aliphatic heterocycles. The van der Waals surface area contributed by atoms with Crippen LogP contribution in [0.4, 0.5) is 10.0 Å². The molecule has 0 bridgehead atoms. The van der Waals surface area contributed by atoms with E-state index in [1.165, 1.54) is 55.1 Å². The molecule has 57 heavy (non-hydrogen) atoms. The molecule has 10 nitrogen and oxygen atoms in total. The zero-order chi connectivity index (χ0) is 39.6. The van der Waals surface area contributed by atoms with Crippen LogP contribution >= 0.6 is 93.3 Å². The Morgan fingerprint density at radius 3 is 1.42 bits per heavy atom. The van der Waals surface area contributed by atoms with Gasteiger partial charge in [-0.05, 0) is 60.6 Å². The highest BCUT2D eigenvalue weighted by molar-refractivity contribution is 8.35. The van der Waals surface area contributed by atoms with Crippen molar-refractivity contribution in [2.75, 3.05) is 13.1 Å². The third kappa shape index (κ3) is 6.41. The van der Waals surface area contributed by atoms with E-state index < -0.39 is 17.4 Å². The number of rotatable bonds is 10. The molecule has 6 aromatic rings. The lowest BCUT2D eigenvalue weighted by atomic mass is 9.79. The number of amides is 2. The molecule has 2 fully saturated rings. The number of esters is 2. The predicted octanol–water partition coefficient (Wildman–Crippen LogP) is 9.81. The minimum Gasteiger partial charge on any atom is -0.459 e. The van der Waals surface area contributed by atoms with Crippen LogP contribution in [0, 0.1) is 0 Å². The summed E-state index contributed by atoms with van der Waals surface area (Å²) < 4.78 is 16.1. The third-order valence-corrected chi connectivity index (χ3v) is 16.9. The third-order valence-electron chi connectivity index (χ3n) is 9.42. The van der Waals surface area contributed by atoms with Gasteiger partial charge in [0.1, 0.15) is 31.9 Å². The number of carbonyl (C=O) groups excluding carboxylic acids is 4. The Morgan fingerprint density at radius 1 is 0.649 bits per heavy atom. The summed E-state index contributed by atoms with van der Waals surface area (Å²) in [6.07, 6.45) is 0. The van der Waals surface area contributed by atoms with Crippen molar-refractivity contribution in [2.24, 2.45) is 9.98 Å². The Kier molecular flexibility index (Phi) is 10.3. The first kappa shape index (κ1) is 38.4. The molecule has 0 spiro atoms. The number of thiophene rings is 4. The van der Waals surface area contributed by atoms with Gasteiger partial charge in [-0.3, -0.25) is 29.0 Å². The molecule has 2 saturated heterocycles. The van der Waals surface area contributed by atoms with Crippen molar-refractivity contribution in [3.8, 4) is 9.75 Å². The number of thioether (sulfide) groups is 2. The molecule has 2 aromatic carbocycles. The van der Waals surface area contributed by atoms with Crippen molar-refractivity contribution < 1.29 is 28.7 Å². The Labute approximate surface area is 360 Å². The lowest BCUT2D eigenvalue weighted by molar-refractivity contribution is -0.164. The molecule has 0 radical (unpaired) electrons. The van der Waals surface area contributed by atoms with Gasteiger partial charge in [-0.1, -0.05) is 85.1 Å². The molecular weight excluding hydrogens is 877 g/mol. The van der Waals surface area contributed by atoms with Gasteiger partial charge < -0.3 is 9.47 Å². The second-order valence-corrected chi connectivity index (χ2v) is 20.1. The molecule has 2 amide bonds. The van der Waals surface area contributed by atoms with Crippen molar-refractivity contribution in [3.05, 3.63) is 95.1 Å². The normalized spacial score (nSPS) is 17.5. The summed E-state index contributed by atoms with van der Waals surface area (Å²) in [5.74, 6) is -2.08. The summed E-state index contributed by atoms with van der Waals surface area (Å²) in [5, 5.41) is 1.59. The molecule has 9 rings (SSSR count). The maximum Gasteiger partial charge on any atom is 0.333 e. The maximum absolute atomic E-state index is 15.2. The van der Waals surface area contributed by atoms with Gasteiger partial charge in [0.25, 0.3) is 11.8 Å². The number of hydrogen-bond acceptors (Lipinski definition) is 16. The molecule has 6 heterocycles. The monoisotopic (exact) mass is 902 g/mol. The van der Waals surface area contributed by atoms with Crippen LogP contribution in [-0.2, 0) is 47.3 Å². The molecule has 4 aromatic heterocycles. The van der Waals surface area contributed by atoms with Gasteiger partial charge in [-0.2, -0.15) is 0 Å². The van der Waals surface area contributed by atoms with Crippen LogP contribution in [0.2, 0.25) is 0 Å². The number of nitrogens with zero attached hydrogens (tertiary/aromatic N) is 4. The Hall–Kier alpha value is -4.14. The first-order valence-electron chi connectivity index (χ1n) is 17.4. The average molecular weight is 903 g/mol. The number of fused-ring (bicyclic) bond motifs is 7. The molecule has 0 atom stereocenters. The number of hydrogen-bond donors (Lipinski definition) is 0. The van der Waals surface area contributed by atoms with Crippen molar-refractivity contribution in [3.63, 3.8) is 0 Å². The van der Waals surface area contributed by atoms with Gasteiger partial charge in [0.2, 0.25) is 5.41 Å². The summed E-state index contributed by atoms with van der Waals surface area (Å²) in [4.78, 5) is 70.5. The lowest BCUT2D eigenvalue weighted by Gasteiger charge is -2.27. The smallest absolute Gasteiger partial charge is 0.333 e. The van der Waals surface area contributed by atoms with E-state index in [2.05, 4.69) is 0 Å². The van der Waals surface area contributed by atoms with Crippen LogP contribution in [0.1, 0.15) is 36.1 Å². The number of carbonyl (C=O) groups is 4. The second-order valence-electron chi connectivity index (χ2n) is 12.7. The van der Waals surface area contributed by atoms with Crippen molar-refractivity contribution in [1.29, 1.82) is 0 Å². The first-order valence-corrected chi connectivity index (χ1v) is 23.1. The Bertz CT molecular complexity index is 2580. The molecule has 0 unspecified atom stereocenters. The van der Waals surface area contributed by atoms with E-state index in [9.17, 15) is 9.59 Å². The highest BCUT2D eigenvalue weighted by Gasteiger charge is 2.62. The first-order chi connectivity index (χ1) is 27.6. The zero-order valence-electron chi connectivity index (χ0n) is 29.8. The predicted molar refractivity (Wildman–Crippen MR) is 241 cm³/mol. The van der Waals surface area contributed by atoms with Crippen molar-refractivity contribution in [2.45, 2.75) is 32.5 Å². The van der Waals surface area contributed by atoms with Crippen molar-refractivity contribution >= 4 is 165 Å². The molecular formula is C39H26N4O6S8. The standard InChI is InChI=1S/C39H26N4O6S8/c1-3-42-33(44)31(56-37(42)50)40-23-15-21-27(54-23)25-29(52-21)30-26(28-22(53-30)16-24(55-28)41-32-34(45)43(4-2)38(51)57-32)39(25,35(46)48-17-19-11-7-5-8-12-19)36(47)49-18-20-13-9-6-10-14-20/h5-16H,3-4,17-18H2,1-2H3/b40-31-,41-32-. The SMILES string of the molecule is CCN1C(=O)/C(=N/c2cc3sc4c(c3s2)C(C(=O)OCc2ccccc2)(C(=O)OCc2ccccc2)c2c-4sc3cc(/N=C4\SC(=S)N(CC)C4=O)sc23)SC1=S. The van der Waals surface area contributed by atoms with E-state index in [0.29, 0.717) is 52.3 Å².